The van der Waals surface area contributed by atoms with Crippen LogP contribution in [-0.2, 0) is 16.1 Å². The molecule has 158 valence electrons. The number of ether oxygens (including phenoxy) is 3. The molecule has 0 spiro atoms. The molecule has 0 saturated heterocycles. The van der Waals surface area contributed by atoms with Crippen molar-refractivity contribution in [1.82, 2.24) is 5.16 Å². The number of benzene rings is 2. The molecule has 1 aromatic heterocycles. The number of esters is 2. The van der Waals surface area contributed by atoms with Crippen molar-refractivity contribution in [3.63, 3.8) is 0 Å². The summed E-state index contributed by atoms with van der Waals surface area (Å²) in [5, 5.41) is 6.56. The number of hydrogen-bond acceptors (Lipinski definition) is 8. The van der Waals surface area contributed by atoms with Crippen molar-refractivity contribution in [2.75, 3.05) is 19.5 Å². The molecule has 0 saturated carbocycles. The lowest BCUT2D eigenvalue weighted by Gasteiger charge is -2.16. The Morgan fingerprint density at radius 3 is 2.32 bits per heavy atom. The van der Waals surface area contributed by atoms with Crippen LogP contribution in [0.25, 0.3) is 11.3 Å². The van der Waals surface area contributed by atoms with Crippen LogP contribution in [0.4, 0.5) is 5.69 Å². The van der Waals surface area contributed by atoms with Gasteiger partial charge < -0.3 is 24.1 Å². The standard InChI is InChI=1S/C22H18N2O7/c1-11-4-5-17-15(6-11)19-16(10-30-17)18(24-31-19)20(25)23-14-8-12(21(26)28-2)7-13(9-14)22(27)29-3/h4-9H,10H2,1-3H3,(H,23,25). The third kappa shape index (κ3) is 3.73. The molecule has 1 aliphatic rings. The van der Waals surface area contributed by atoms with E-state index in [0.717, 1.165) is 5.56 Å². The van der Waals surface area contributed by atoms with Crippen molar-refractivity contribution >= 4 is 23.5 Å². The van der Waals surface area contributed by atoms with Gasteiger partial charge in [0.1, 0.15) is 12.4 Å². The first-order valence-electron chi connectivity index (χ1n) is 9.26. The van der Waals surface area contributed by atoms with E-state index in [4.69, 9.17) is 18.7 Å². The summed E-state index contributed by atoms with van der Waals surface area (Å²) in [6, 6.07) is 9.74. The lowest BCUT2D eigenvalue weighted by Crippen LogP contribution is -2.17. The summed E-state index contributed by atoms with van der Waals surface area (Å²) in [5.74, 6) is -0.799. The second-order valence-electron chi connectivity index (χ2n) is 6.86. The average molecular weight is 422 g/mol. The van der Waals surface area contributed by atoms with Gasteiger partial charge in [0.2, 0.25) is 0 Å². The van der Waals surface area contributed by atoms with Crippen LogP contribution in [0.15, 0.2) is 40.9 Å². The molecule has 0 atom stereocenters. The number of aromatic nitrogens is 1. The average Bonchev–Trinajstić information content (AvgIpc) is 3.22. The van der Waals surface area contributed by atoms with Gasteiger partial charge in [0.15, 0.2) is 11.5 Å². The number of anilines is 1. The van der Waals surface area contributed by atoms with E-state index in [1.54, 1.807) is 0 Å². The first-order chi connectivity index (χ1) is 14.9. The maximum Gasteiger partial charge on any atom is 0.337 e. The third-order valence-electron chi connectivity index (χ3n) is 4.79. The van der Waals surface area contributed by atoms with Crippen molar-refractivity contribution in [3.05, 3.63) is 64.3 Å². The molecular weight excluding hydrogens is 404 g/mol. The van der Waals surface area contributed by atoms with E-state index in [-0.39, 0.29) is 29.1 Å². The Hall–Kier alpha value is -4.14. The van der Waals surface area contributed by atoms with Gasteiger partial charge in [-0.05, 0) is 37.3 Å². The van der Waals surface area contributed by atoms with Crippen LogP contribution in [0, 0.1) is 6.92 Å². The van der Waals surface area contributed by atoms with Crippen molar-refractivity contribution in [3.8, 4) is 17.1 Å². The number of rotatable bonds is 4. The minimum atomic E-state index is -0.666. The molecule has 0 radical (unpaired) electrons. The molecule has 9 nitrogen and oxygen atoms in total. The second-order valence-corrected chi connectivity index (χ2v) is 6.86. The highest BCUT2D eigenvalue weighted by molar-refractivity contribution is 6.06. The van der Waals surface area contributed by atoms with Crippen LogP contribution in [-0.4, -0.2) is 37.2 Å². The Labute approximate surface area is 176 Å². The van der Waals surface area contributed by atoms with Gasteiger partial charge in [-0.3, -0.25) is 4.79 Å². The largest absolute Gasteiger partial charge is 0.488 e. The minimum absolute atomic E-state index is 0.0465. The Balaban J connectivity index is 1.67. The Morgan fingerprint density at radius 1 is 1.00 bits per heavy atom. The molecular formula is C22H18N2O7. The smallest absolute Gasteiger partial charge is 0.337 e. The lowest BCUT2D eigenvalue weighted by molar-refractivity contribution is 0.0599. The van der Waals surface area contributed by atoms with Gasteiger partial charge in [0, 0.05) is 5.69 Å². The lowest BCUT2D eigenvalue weighted by atomic mass is 10.0. The summed E-state index contributed by atoms with van der Waals surface area (Å²) in [6.07, 6.45) is 0. The van der Waals surface area contributed by atoms with Gasteiger partial charge in [-0.15, -0.1) is 0 Å². The second kappa shape index (κ2) is 7.94. The maximum absolute atomic E-state index is 12.9. The molecule has 2 aromatic carbocycles. The molecule has 31 heavy (non-hydrogen) atoms. The first kappa shape index (κ1) is 20.1. The Kier molecular flexibility index (Phi) is 5.16. The van der Waals surface area contributed by atoms with Gasteiger partial charge in [-0.2, -0.15) is 0 Å². The van der Waals surface area contributed by atoms with Gasteiger partial charge in [-0.25, -0.2) is 9.59 Å². The molecule has 1 amide bonds. The predicted molar refractivity (Wildman–Crippen MR) is 108 cm³/mol. The van der Waals surface area contributed by atoms with E-state index in [9.17, 15) is 14.4 Å². The normalized spacial score (nSPS) is 11.6. The molecule has 0 aliphatic carbocycles. The van der Waals surface area contributed by atoms with Crippen molar-refractivity contribution in [2.45, 2.75) is 13.5 Å². The maximum atomic E-state index is 12.9. The van der Waals surface area contributed by atoms with Gasteiger partial charge in [-0.1, -0.05) is 16.8 Å². The highest BCUT2D eigenvalue weighted by atomic mass is 16.5. The first-order valence-corrected chi connectivity index (χ1v) is 9.26. The number of fused-ring (bicyclic) bond motifs is 3. The summed E-state index contributed by atoms with van der Waals surface area (Å²) in [5.41, 5.74) is 2.63. The fourth-order valence-electron chi connectivity index (χ4n) is 3.29. The summed E-state index contributed by atoms with van der Waals surface area (Å²) in [7, 11) is 2.43. The van der Waals surface area contributed by atoms with E-state index < -0.39 is 17.8 Å². The molecule has 0 bridgehead atoms. The number of carbonyl (C=O) groups excluding carboxylic acids is 3. The van der Waals surface area contributed by atoms with Crippen LogP contribution >= 0.6 is 0 Å². The fourth-order valence-corrected chi connectivity index (χ4v) is 3.29. The van der Waals surface area contributed by atoms with E-state index in [0.29, 0.717) is 22.6 Å². The van der Waals surface area contributed by atoms with E-state index >= 15 is 0 Å². The predicted octanol–water partition coefficient (Wildman–Crippen LogP) is 3.37. The van der Waals surface area contributed by atoms with E-state index in [1.165, 1.54) is 32.4 Å². The number of nitrogens with one attached hydrogen (secondary N) is 1. The van der Waals surface area contributed by atoms with Gasteiger partial charge in [0.25, 0.3) is 5.91 Å². The number of carbonyl (C=O) groups is 3. The highest BCUT2D eigenvalue weighted by Crippen LogP contribution is 2.39. The van der Waals surface area contributed by atoms with E-state index in [2.05, 4.69) is 10.5 Å². The van der Waals surface area contributed by atoms with Crippen LogP contribution in [0.1, 0.15) is 42.3 Å². The molecule has 4 rings (SSSR count). The number of aryl methyl sites for hydroxylation is 1. The minimum Gasteiger partial charge on any atom is -0.488 e. The molecule has 1 N–H and O–H groups in total. The van der Waals surface area contributed by atoms with Crippen molar-refractivity contribution < 1.29 is 33.1 Å². The molecule has 9 heteroatoms. The van der Waals surface area contributed by atoms with Crippen molar-refractivity contribution in [2.24, 2.45) is 0 Å². The zero-order valence-corrected chi connectivity index (χ0v) is 17.0. The zero-order chi connectivity index (χ0) is 22.1. The Morgan fingerprint density at radius 2 is 1.68 bits per heavy atom. The van der Waals surface area contributed by atoms with Gasteiger partial charge in [0.05, 0.1) is 36.5 Å². The number of methoxy groups -OCH3 is 2. The summed E-state index contributed by atoms with van der Waals surface area (Å²) in [6.45, 7) is 2.05. The summed E-state index contributed by atoms with van der Waals surface area (Å²) >= 11 is 0. The number of hydrogen-bond donors (Lipinski definition) is 1. The molecule has 3 aromatic rings. The monoisotopic (exact) mass is 422 g/mol. The Bertz CT molecular complexity index is 1180. The van der Waals surface area contributed by atoms with E-state index in [1.807, 2.05) is 25.1 Å². The number of amides is 1. The third-order valence-corrected chi connectivity index (χ3v) is 4.79. The topological polar surface area (TPSA) is 117 Å². The molecule has 0 unspecified atom stereocenters. The van der Waals surface area contributed by atoms with Crippen LogP contribution in [0.2, 0.25) is 0 Å². The highest BCUT2D eigenvalue weighted by Gasteiger charge is 2.29. The summed E-state index contributed by atoms with van der Waals surface area (Å²) in [4.78, 5) is 36.8. The van der Waals surface area contributed by atoms with Crippen molar-refractivity contribution in [1.29, 1.82) is 0 Å². The quantitative estimate of drug-likeness (QED) is 0.636. The van der Waals surface area contributed by atoms with Crippen LogP contribution in [0.3, 0.4) is 0 Å². The SMILES string of the molecule is COC(=O)c1cc(NC(=O)c2noc3c2COc2ccc(C)cc2-3)cc(C(=O)OC)c1. The molecule has 2 heterocycles. The summed E-state index contributed by atoms with van der Waals surface area (Å²) < 4.78 is 20.6. The molecule has 1 aliphatic heterocycles. The van der Waals surface area contributed by atoms with Crippen LogP contribution in [0.5, 0.6) is 5.75 Å². The fraction of sp³-hybridized carbons (Fsp3) is 0.182. The van der Waals surface area contributed by atoms with Gasteiger partial charge >= 0.3 is 11.9 Å². The zero-order valence-electron chi connectivity index (χ0n) is 17.0. The number of nitrogens with zero attached hydrogens (tertiary/aromatic N) is 1. The van der Waals surface area contributed by atoms with Crippen LogP contribution < -0.4 is 10.1 Å². The molecule has 0 fully saturated rings.